The minimum Gasteiger partial charge on any atom is -0.354 e. The summed E-state index contributed by atoms with van der Waals surface area (Å²) in [7, 11) is 0. The normalized spacial score (nSPS) is 12.1. The summed E-state index contributed by atoms with van der Waals surface area (Å²) in [5.41, 5.74) is 2.40. The topological polar surface area (TPSA) is 15.8 Å². The Morgan fingerprint density at radius 1 is 0.345 bits per heavy atom. The second-order valence-electron chi connectivity index (χ2n) is 7.86. The van der Waals surface area contributed by atoms with Gasteiger partial charge in [0.1, 0.15) is 0 Å². The zero-order valence-corrected chi connectivity index (χ0v) is 15.7. The highest BCUT2D eigenvalue weighted by Crippen LogP contribution is 2.40. The third kappa shape index (κ3) is 1.94. The number of H-pyrrole nitrogens is 1. The first-order valence-electron chi connectivity index (χ1n) is 10.0. The van der Waals surface area contributed by atoms with Crippen LogP contribution in [0.3, 0.4) is 0 Å². The second kappa shape index (κ2) is 5.36. The van der Waals surface area contributed by atoms with Crippen LogP contribution in [0.1, 0.15) is 0 Å². The molecule has 0 amide bonds. The van der Waals surface area contributed by atoms with Crippen LogP contribution in [0.5, 0.6) is 0 Å². The van der Waals surface area contributed by atoms with Crippen LogP contribution in [0.15, 0.2) is 97.1 Å². The molecule has 0 saturated heterocycles. The van der Waals surface area contributed by atoms with E-state index in [4.69, 9.17) is 0 Å². The second-order valence-corrected chi connectivity index (χ2v) is 7.86. The first-order valence-corrected chi connectivity index (χ1v) is 10.0. The van der Waals surface area contributed by atoms with Gasteiger partial charge < -0.3 is 4.98 Å². The monoisotopic (exact) mass is 367 g/mol. The smallest absolute Gasteiger partial charge is 0.0471 e. The molecule has 0 bridgehead atoms. The van der Waals surface area contributed by atoms with Gasteiger partial charge in [-0.2, -0.15) is 0 Å². The van der Waals surface area contributed by atoms with E-state index in [2.05, 4.69) is 102 Å². The summed E-state index contributed by atoms with van der Waals surface area (Å²) in [6, 6.07) is 35.3. The summed E-state index contributed by atoms with van der Waals surface area (Å²) < 4.78 is 0. The van der Waals surface area contributed by atoms with Crippen molar-refractivity contribution >= 4 is 64.9 Å². The van der Waals surface area contributed by atoms with Crippen molar-refractivity contribution in [3.8, 4) is 0 Å². The molecule has 7 rings (SSSR count). The molecule has 0 aliphatic rings. The fourth-order valence-electron chi connectivity index (χ4n) is 5.07. The molecule has 1 nitrogen and oxygen atoms in total. The van der Waals surface area contributed by atoms with E-state index >= 15 is 0 Å². The van der Waals surface area contributed by atoms with E-state index in [-0.39, 0.29) is 0 Å². The summed E-state index contributed by atoms with van der Waals surface area (Å²) >= 11 is 0. The Kier molecular flexibility index (Phi) is 2.80. The average molecular weight is 367 g/mol. The molecule has 0 aliphatic heterocycles. The van der Waals surface area contributed by atoms with E-state index in [1.165, 1.54) is 64.9 Å². The molecule has 1 N–H and O–H groups in total. The van der Waals surface area contributed by atoms with Crippen molar-refractivity contribution in [3.63, 3.8) is 0 Å². The van der Waals surface area contributed by atoms with Crippen LogP contribution in [-0.4, -0.2) is 4.98 Å². The van der Waals surface area contributed by atoms with Gasteiger partial charge in [0.2, 0.25) is 0 Å². The fourth-order valence-corrected chi connectivity index (χ4v) is 5.07. The van der Waals surface area contributed by atoms with Crippen LogP contribution in [-0.2, 0) is 0 Å². The average Bonchev–Trinajstić information content (AvgIpc) is 3.18. The van der Waals surface area contributed by atoms with Crippen molar-refractivity contribution in [2.24, 2.45) is 0 Å². The summed E-state index contributed by atoms with van der Waals surface area (Å²) in [6.45, 7) is 0. The van der Waals surface area contributed by atoms with Gasteiger partial charge in [0, 0.05) is 21.8 Å². The highest BCUT2D eigenvalue weighted by molar-refractivity contribution is 6.31. The number of aromatic amines is 1. The van der Waals surface area contributed by atoms with E-state index in [1.807, 2.05) is 0 Å². The molecule has 0 atom stereocenters. The van der Waals surface area contributed by atoms with Gasteiger partial charge >= 0.3 is 0 Å². The molecule has 7 aromatic rings. The minimum absolute atomic E-state index is 1.20. The van der Waals surface area contributed by atoms with Gasteiger partial charge in [0.05, 0.1) is 0 Å². The number of hydrogen-bond acceptors (Lipinski definition) is 0. The van der Waals surface area contributed by atoms with Crippen molar-refractivity contribution in [1.82, 2.24) is 4.98 Å². The van der Waals surface area contributed by atoms with Crippen molar-refractivity contribution in [2.75, 3.05) is 0 Å². The molecule has 0 saturated carbocycles. The zero-order valence-electron chi connectivity index (χ0n) is 15.7. The van der Waals surface area contributed by atoms with Gasteiger partial charge in [-0.3, -0.25) is 0 Å². The number of benzene rings is 6. The van der Waals surface area contributed by atoms with Gasteiger partial charge in [-0.1, -0.05) is 84.9 Å². The molecular formula is C28H17N. The Labute approximate surface area is 167 Å². The molecule has 6 aromatic carbocycles. The molecule has 1 heteroatoms. The number of hydrogen-bond donors (Lipinski definition) is 1. The van der Waals surface area contributed by atoms with Crippen LogP contribution in [0, 0.1) is 0 Å². The number of fused-ring (bicyclic) bond motifs is 11. The van der Waals surface area contributed by atoms with E-state index in [9.17, 15) is 0 Å². The molecule has 0 radical (unpaired) electrons. The van der Waals surface area contributed by atoms with E-state index < -0.39 is 0 Å². The Morgan fingerprint density at radius 2 is 0.793 bits per heavy atom. The lowest BCUT2D eigenvalue weighted by molar-refractivity contribution is 1.56. The van der Waals surface area contributed by atoms with Gasteiger partial charge in [-0.15, -0.1) is 0 Å². The maximum atomic E-state index is 3.66. The first-order chi connectivity index (χ1) is 14.4. The lowest BCUT2D eigenvalue weighted by Crippen LogP contribution is -1.81. The minimum atomic E-state index is 1.20. The highest BCUT2D eigenvalue weighted by Gasteiger charge is 2.13. The van der Waals surface area contributed by atoms with Crippen molar-refractivity contribution in [3.05, 3.63) is 97.1 Å². The fraction of sp³-hybridized carbons (Fsp3) is 0. The van der Waals surface area contributed by atoms with Crippen LogP contribution in [0.25, 0.3) is 64.9 Å². The molecular weight excluding hydrogens is 350 g/mol. The maximum Gasteiger partial charge on any atom is 0.0471 e. The lowest BCUT2D eigenvalue weighted by Gasteiger charge is -2.08. The quantitative estimate of drug-likeness (QED) is 0.262. The van der Waals surface area contributed by atoms with Crippen LogP contribution in [0.2, 0.25) is 0 Å². The van der Waals surface area contributed by atoms with Gasteiger partial charge in [0.25, 0.3) is 0 Å². The molecule has 0 fully saturated rings. The van der Waals surface area contributed by atoms with Crippen molar-refractivity contribution < 1.29 is 0 Å². The molecule has 29 heavy (non-hydrogen) atoms. The molecule has 0 aliphatic carbocycles. The number of rotatable bonds is 0. The Hall–Kier alpha value is -3.84. The van der Waals surface area contributed by atoms with Gasteiger partial charge in [-0.05, 0) is 55.2 Å². The molecule has 0 spiro atoms. The van der Waals surface area contributed by atoms with Crippen LogP contribution >= 0.6 is 0 Å². The van der Waals surface area contributed by atoms with Crippen molar-refractivity contribution in [2.45, 2.75) is 0 Å². The van der Waals surface area contributed by atoms with E-state index in [1.54, 1.807) is 0 Å². The van der Waals surface area contributed by atoms with Gasteiger partial charge in [-0.25, -0.2) is 0 Å². The third-order valence-electron chi connectivity index (χ3n) is 6.37. The first kappa shape index (κ1) is 15.1. The van der Waals surface area contributed by atoms with E-state index in [0.717, 1.165) is 0 Å². The Bertz CT molecular complexity index is 1620. The van der Waals surface area contributed by atoms with Crippen LogP contribution < -0.4 is 0 Å². The lowest BCUT2D eigenvalue weighted by atomic mass is 9.95. The zero-order chi connectivity index (χ0) is 18.9. The van der Waals surface area contributed by atoms with Crippen LogP contribution in [0.4, 0.5) is 0 Å². The summed E-state index contributed by atoms with van der Waals surface area (Å²) in [4.78, 5) is 3.66. The number of aromatic nitrogens is 1. The summed E-state index contributed by atoms with van der Waals surface area (Å²) in [5.74, 6) is 0. The standard InChI is InChI=1S/C28H17N/c1-3-7-19-17(5-1)9-11-23-21(19)13-15-25-27(23)28-24-12-10-18-6-2-4-8-20(18)22(24)14-16-26(28)29-25/h1-16,29H. The predicted octanol–water partition coefficient (Wildman–Crippen LogP) is 7.93. The Morgan fingerprint density at radius 3 is 1.31 bits per heavy atom. The van der Waals surface area contributed by atoms with Crippen molar-refractivity contribution in [1.29, 1.82) is 0 Å². The molecule has 1 heterocycles. The maximum absolute atomic E-state index is 3.66. The molecule has 1 aromatic heterocycles. The van der Waals surface area contributed by atoms with E-state index in [0.29, 0.717) is 0 Å². The third-order valence-corrected chi connectivity index (χ3v) is 6.37. The SMILES string of the molecule is c1ccc2c(c1)ccc1c2ccc2[nH]c3ccc4c5ccccc5ccc4c3c21. The highest BCUT2D eigenvalue weighted by atomic mass is 14.7. The molecule has 0 unspecified atom stereocenters. The summed E-state index contributed by atoms with van der Waals surface area (Å²) in [6.07, 6.45) is 0. The summed E-state index contributed by atoms with van der Waals surface area (Å²) in [5, 5.41) is 13.1. The van der Waals surface area contributed by atoms with Gasteiger partial charge in [0.15, 0.2) is 0 Å². The Balaban J connectivity index is 1.76. The molecule has 134 valence electrons. The number of nitrogens with one attached hydrogen (secondary N) is 1. The largest absolute Gasteiger partial charge is 0.354 e. The predicted molar refractivity (Wildman–Crippen MR) is 126 cm³/mol.